The standard InChI is InChI=1S/C18H24N4O3/c1-5-25-14-9-7-6-8-12(14)18(24)20-15-13(10-11(2)3)21-22(4)16(15)17(19)23/h6-9,11H,5,10H2,1-4H3,(H2,19,23)(H,20,24). The second kappa shape index (κ2) is 7.83. The number of amides is 2. The fourth-order valence-electron chi connectivity index (χ4n) is 2.64. The molecule has 2 aromatic rings. The minimum absolute atomic E-state index is 0.179. The van der Waals surface area contributed by atoms with E-state index in [1.54, 1.807) is 31.3 Å². The molecule has 25 heavy (non-hydrogen) atoms. The summed E-state index contributed by atoms with van der Waals surface area (Å²) in [7, 11) is 1.63. The number of carbonyl (C=O) groups is 2. The maximum absolute atomic E-state index is 12.8. The number of benzene rings is 1. The van der Waals surface area contributed by atoms with Gasteiger partial charge in [0.05, 0.1) is 23.6 Å². The fourth-order valence-corrected chi connectivity index (χ4v) is 2.64. The minimum atomic E-state index is -0.640. The van der Waals surface area contributed by atoms with Crippen molar-refractivity contribution in [2.24, 2.45) is 18.7 Å². The lowest BCUT2D eigenvalue weighted by Gasteiger charge is -2.12. The molecule has 1 heterocycles. The molecule has 0 radical (unpaired) electrons. The number of para-hydroxylation sites is 1. The smallest absolute Gasteiger partial charge is 0.269 e. The van der Waals surface area contributed by atoms with E-state index in [2.05, 4.69) is 10.4 Å². The number of aryl methyl sites for hydroxylation is 1. The van der Waals surface area contributed by atoms with E-state index in [1.807, 2.05) is 20.8 Å². The first-order valence-corrected chi connectivity index (χ1v) is 8.24. The van der Waals surface area contributed by atoms with Crippen molar-refractivity contribution in [1.82, 2.24) is 9.78 Å². The van der Waals surface area contributed by atoms with E-state index in [4.69, 9.17) is 10.5 Å². The number of nitrogens with zero attached hydrogens (tertiary/aromatic N) is 2. The normalized spacial score (nSPS) is 10.8. The lowest BCUT2D eigenvalue weighted by atomic mass is 10.1. The lowest BCUT2D eigenvalue weighted by Crippen LogP contribution is -2.21. The summed E-state index contributed by atoms with van der Waals surface area (Å²) in [6, 6.07) is 6.95. The molecule has 0 bridgehead atoms. The number of carbonyl (C=O) groups excluding carboxylic acids is 2. The summed E-state index contributed by atoms with van der Waals surface area (Å²) in [6.07, 6.45) is 0.615. The van der Waals surface area contributed by atoms with E-state index in [0.717, 1.165) is 0 Å². The third kappa shape index (κ3) is 4.17. The first-order chi connectivity index (χ1) is 11.8. The van der Waals surface area contributed by atoms with Gasteiger partial charge in [-0.05, 0) is 31.4 Å². The molecule has 0 aliphatic carbocycles. The number of nitrogens with one attached hydrogen (secondary N) is 1. The Labute approximate surface area is 147 Å². The molecule has 0 saturated heterocycles. The van der Waals surface area contributed by atoms with Gasteiger partial charge in [0.25, 0.3) is 11.8 Å². The highest BCUT2D eigenvalue weighted by Gasteiger charge is 2.24. The summed E-state index contributed by atoms with van der Waals surface area (Å²) in [6.45, 7) is 6.37. The van der Waals surface area contributed by atoms with Crippen molar-refractivity contribution in [2.45, 2.75) is 27.2 Å². The predicted octanol–water partition coefficient (Wildman–Crippen LogP) is 2.37. The van der Waals surface area contributed by atoms with Gasteiger partial charge in [-0.1, -0.05) is 26.0 Å². The number of ether oxygens (including phenoxy) is 1. The maximum atomic E-state index is 12.8. The zero-order valence-electron chi connectivity index (χ0n) is 15.0. The van der Waals surface area contributed by atoms with Gasteiger partial charge in [0.1, 0.15) is 11.4 Å². The van der Waals surface area contributed by atoms with Crippen molar-refractivity contribution in [2.75, 3.05) is 11.9 Å². The van der Waals surface area contributed by atoms with Gasteiger partial charge in [-0.2, -0.15) is 5.10 Å². The molecule has 3 N–H and O–H groups in total. The van der Waals surface area contributed by atoms with Crippen LogP contribution in [0.5, 0.6) is 5.75 Å². The van der Waals surface area contributed by atoms with Crippen LogP contribution in [0.1, 0.15) is 47.3 Å². The Bertz CT molecular complexity index is 781. The van der Waals surface area contributed by atoms with Crippen molar-refractivity contribution in [3.05, 3.63) is 41.2 Å². The van der Waals surface area contributed by atoms with Gasteiger partial charge >= 0.3 is 0 Å². The molecule has 0 aliphatic rings. The minimum Gasteiger partial charge on any atom is -0.493 e. The van der Waals surface area contributed by atoms with E-state index in [1.165, 1.54) is 4.68 Å². The second-order valence-corrected chi connectivity index (χ2v) is 6.14. The number of nitrogens with two attached hydrogens (primary N) is 1. The zero-order chi connectivity index (χ0) is 18.6. The SMILES string of the molecule is CCOc1ccccc1C(=O)Nc1c(CC(C)C)nn(C)c1C(N)=O. The molecule has 7 nitrogen and oxygen atoms in total. The first kappa shape index (κ1) is 18.5. The Balaban J connectivity index is 2.42. The van der Waals surface area contributed by atoms with E-state index >= 15 is 0 Å². The van der Waals surface area contributed by atoms with Crippen LogP contribution in [0, 0.1) is 5.92 Å². The van der Waals surface area contributed by atoms with Crippen LogP contribution < -0.4 is 15.8 Å². The molecule has 0 atom stereocenters. The fraction of sp³-hybridized carbons (Fsp3) is 0.389. The van der Waals surface area contributed by atoms with Gasteiger partial charge in [0, 0.05) is 7.05 Å². The van der Waals surface area contributed by atoms with Crippen LogP contribution in [0.25, 0.3) is 0 Å². The molecule has 1 aromatic carbocycles. The summed E-state index contributed by atoms with van der Waals surface area (Å²) in [5.74, 6) is -0.220. The summed E-state index contributed by atoms with van der Waals surface area (Å²) in [5, 5.41) is 7.15. The molecule has 2 amide bonds. The highest BCUT2D eigenvalue weighted by Crippen LogP contribution is 2.25. The Morgan fingerprint density at radius 1 is 1.32 bits per heavy atom. The van der Waals surface area contributed by atoms with Crippen LogP contribution in [-0.2, 0) is 13.5 Å². The molecule has 1 aromatic heterocycles. The number of anilines is 1. The maximum Gasteiger partial charge on any atom is 0.269 e. The van der Waals surface area contributed by atoms with Crippen molar-refractivity contribution < 1.29 is 14.3 Å². The van der Waals surface area contributed by atoms with Gasteiger partial charge in [-0.25, -0.2) is 0 Å². The summed E-state index contributed by atoms with van der Waals surface area (Å²) in [5.41, 5.74) is 7.04. The number of hydrogen-bond donors (Lipinski definition) is 2. The van der Waals surface area contributed by atoms with Crippen molar-refractivity contribution in [3.63, 3.8) is 0 Å². The third-order valence-electron chi connectivity index (χ3n) is 3.62. The van der Waals surface area contributed by atoms with Gasteiger partial charge in [-0.3, -0.25) is 14.3 Å². The molecule has 0 fully saturated rings. The molecular formula is C18H24N4O3. The monoisotopic (exact) mass is 344 g/mol. The van der Waals surface area contributed by atoms with Crippen LogP contribution in [0.2, 0.25) is 0 Å². The molecule has 0 spiro atoms. The molecule has 7 heteroatoms. The number of aromatic nitrogens is 2. The number of primary amides is 1. The summed E-state index contributed by atoms with van der Waals surface area (Å²) in [4.78, 5) is 24.6. The quantitative estimate of drug-likeness (QED) is 0.805. The van der Waals surface area contributed by atoms with Crippen molar-refractivity contribution in [1.29, 1.82) is 0 Å². The Hall–Kier alpha value is -2.83. The highest BCUT2D eigenvalue weighted by molar-refractivity contribution is 6.09. The third-order valence-corrected chi connectivity index (χ3v) is 3.62. The van der Waals surface area contributed by atoms with Crippen LogP contribution in [-0.4, -0.2) is 28.2 Å². The molecule has 2 rings (SSSR count). The lowest BCUT2D eigenvalue weighted by molar-refractivity contribution is 0.0992. The topological polar surface area (TPSA) is 99.2 Å². The number of hydrogen-bond acceptors (Lipinski definition) is 4. The molecule has 0 unspecified atom stereocenters. The molecule has 134 valence electrons. The second-order valence-electron chi connectivity index (χ2n) is 6.14. The van der Waals surface area contributed by atoms with E-state index in [0.29, 0.717) is 41.6 Å². The number of rotatable bonds is 7. The van der Waals surface area contributed by atoms with Gasteiger partial charge in [0.2, 0.25) is 0 Å². The Kier molecular flexibility index (Phi) is 5.80. The molecule has 0 aliphatic heterocycles. The largest absolute Gasteiger partial charge is 0.493 e. The van der Waals surface area contributed by atoms with Crippen LogP contribution in [0.3, 0.4) is 0 Å². The summed E-state index contributed by atoms with van der Waals surface area (Å²) < 4.78 is 6.91. The molecular weight excluding hydrogens is 320 g/mol. The first-order valence-electron chi connectivity index (χ1n) is 8.24. The van der Waals surface area contributed by atoms with Gasteiger partial charge in [0.15, 0.2) is 0 Å². The van der Waals surface area contributed by atoms with Crippen LogP contribution >= 0.6 is 0 Å². The Morgan fingerprint density at radius 2 is 2.00 bits per heavy atom. The van der Waals surface area contributed by atoms with E-state index in [-0.39, 0.29) is 11.6 Å². The predicted molar refractivity (Wildman–Crippen MR) is 95.8 cm³/mol. The van der Waals surface area contributed by atoms with Gasteiger partial charge < -0.3 is 15.8 Å². The zero-order valence-corrected chi connectivity index (χ0v) is 15.0. The Morgan fingerprint density at radius 3 is 2.60 bits per heavy atom. The van der Waals surface area contributed by atoms with Crippen LogP contribution in [0.15, 0.2) is 24.3 Å². The van der Waals surface area contributed by atoms with Gasteiger partial charge in [-0.15, -0.1) is 0 Å². The van der Waals surface area contributed by atoms with Crippen molar-refractivity contribution in [3.8, 4) is 5.75 Å². The van der Waals surface area contributed by atoms with Crippen molar-refractivity contribution >= 4 is 17.5 Å². The summed E-state index contributed by atoms with van der Waals surface area (Å²) >= 11 is 0. The highest BCUT2D eigenvalue weighted by atomic mass is 16.5. The average Bonchev–Trinajstić information content (AvgIpc) is 2.82. The van der Waals surface area contributed by atoms with E-state index in [9.17, 15) is 9.59 Å². The molecule has 0 saturated carbocycles. The van der Waals surface area contributed by atoms with E-state index < -0.39 is 5.91 Å². The van der Waals surface area contributed by atoms with Crippen LogP contribution in [0.4, 0.5) is 5.69 Å². The average molecular weight is 344 g/mol.